The lowest BCUT2D eigenvalue weighted by atomic mass is 9.95. The second-order valence-electron chi connectivity index (χ2n) is 6.57. The maximum Gasteiger partial charge on any atom is 0.150 e. The Morgan fingerprint density at radius 2 is 1.68 bits per heavy atom. The molecule has 3 aliphatic rings. The minimum atomic E-state index is -2.73. The summed E-state index contributed by atoms with van der Waals surface area (Å²) in [5.41, 5.74) is 0. The van der Waals surface area contributed by atoms with Crippen molar-refractivity contribution in [2.45, 2.75) is 57.2 Å². The molecular formula is C14H26N2O2S. The normalized spacial score (nSPS) is 37.9. The highest BCUT2D eigenvalue weighted by atomic mass is 32.2. The van der Waals surface area contributed by atoms with Gasteiger partial charge in [0.1, 0.15) is 9.84 Å². The number of nitrogens with zero attached hydrogens (tertiary/aromatic N) is 2. The van der Waals surface area contributed by atoms with Crippen LogP contribution in [0.25, 0.3) is 0 Å². The van der Waals surface area contributed by atoms with E-state index in [1.165, 1.54) is 32.4 Å². The molecule has 3 rings (SSSR count). The van der Waals surface area contributed by atoms with Crippen molar-refractivity contribution in [3.8, 4) is 0 Å². The molecule has 3 heterocycles. The molecule has 0 radical (unpaired) electrons. The summed E-state index contributed by atoms with van der Waals surface area (Å²) in [6.07, 6.45) is 5.74. The highest BCUT2D eigenvalue weighted by Gasteiger charge is 2.37. The monoisotopic (exact) mass is 286 g/mol. The summed E-state index contributed by atoms with van der Waals surface area (Å²) in [5, 5.41) is 0. The van der Waals surface area contributed by atoms with E-state index in [2.05, 4.69) is 16.7 Å². The summed E-state index contributed by atoms with van der Waals surface area (Å²) in [6, 6.07) is 1.81. The van der Waals surface area contributed by atoms with E-state index in [4.69, 9.17) is 0 Å². The van der Waals surface area contributed by atoms with Crippen molar-refractivity contribution in [2.24, 2.45) is 0 Å². The van der Waals surface area contributed by atoms with E-state index in [0.29, 0.717) is 23.6 Å². The van der Waals surface area contributed by atoms with Crippen LogP contribution in [0.2, 0.25) is 0 Å². The Balaban J connectivity index is 1.64. The van der Waals surface area contributed by atoms with Crippen LogP contribution in [0.3, 0.4) is 0 Å². The molecule has 0 spiro atoms. The van der Waals surface area contributed by atoms with Gasteiger partial charge in [-0.1, -0.05) is 6.42 Å². The van der Waals surface area contributed by atoms with Gasteiger partial charge in [0.25, 0.3) is 0 Å². The van der Waals surface area contributed by atoms with Gasteiger partial charge >= 0.3 is 0 Å². The topological polar surface area (TPSA) is 40.6 Å². The van der Waals surface area contributed by atoms with Gasteiger partial charge in [0.05, 0.1) is 11.5 Å². The Morgan fingerprint density at radius 3 is 2.42 bits per heavy atom. The highest BCUT2D eigenvalue weighted by Crippen LogP contribution is 2.28. The summed E-state index contributed by atoms with van der Waals surface area (Å²) in [5.74, 6) is 0.796. The Hall–Kier alpha value is -0.130. The second-order valence-corrected chi connectivity index (χ2v) is 8.88. The quantitative estimate of drug-likeness (QED) is 0.724. The fourth-order valence-electron chi connectivity index (χ4n) is 4.09. The van der Waals surface area contributed by atoms with Crippen molar-refractivity contribution >= 4 is 9.84 Å². The molecule has 2 unspecified atom stereocenters. The van der Waals surface area contributed by atoms with Gasteiger partial charge in [-0.25, -0.2) is 8.42 Å². The van der Waals surface area contributed by atoms with Gasteiger partial charge in [-0.15, -0.1) is 0 Å². The lowest BCUT2D eigenvalue weighted by Crippen LogP contribution is -2.61. The number of hydrogen-bond acceptors (Lipinski definition) is 4. The van der Waals surface area contributed by atoms with Crippen LogP contribution in [0.15, 0.2) is 0 Å². The van der Waals surface area contributed by atoms with E-state index >= 15 is 0 Å². The molecule has 0 N–H and O–H groups in total. The number of hydrogen-bond donors (Lipinski definition) is 0. The Kier molecular flexibility index (Phi) is 3.89. The molecule has 0 aromatic heterocycles. The average Bonchev–Trinajstić information content (AvgIpc) is 2.38. The molecule has 2 atom stereocenters. The van der Waals surface area contributed by atoms with Crippen LogP contribution in [-0.4, -0.2) is 67.5 Å². The zero-order chi connectivity index (χ0) is 13.5. The zero-order valence-electron chi connectivity index (χ0n) is 11.9. The molecule has 3 saturated heterocycles. The SMILES string of the molecule is CC1CN2CCCCC2CN1C1CCS(=O)(=O)CC1. The van der Waals surface area contributed by atoms with Gasteiger partial charge in [-0.2, -0.15) is 0 Å². The van der Waals surface area contributed by atoms with Crippen molar-refractivity contribution in [3.05, 3.63) is 0 Å². The second kappa shape index (κ2) is 5.34. The average molecular weight is 286 g/mol. The van der Waals surface area contributed by atoms with Crippen molar-refractivity contribution < 1.29 is 8.42 Å². The van der Waals surface area contributed by atoms with Crippen molar-refractivity contribution in [3.63, 3.8) is 0 Å². The highest BCUT2D eigenvalue weighted by molar-refractivity contribution is 7.91. The van der Waals surface area contributed by atoms with Crippen LogP contribution in [0, 0.1) is 0 Å². The maximum absolute atomic E-state index is 11.6. The summed E-state index contributed by atoms with van der Waals surface area (Å²) in [7, 11) is -2.73. The largest absolute Gasteiger partial charge is 0.298 e. The van der Waals surface area contributed by atoms with Crippen LogP contribution < -0.4 is 0 Å². The molecule has 3 fully saturated rings. The van der Waals surface area contributed by atoms with Gasteiger partial charge in [-0.05, 0) is 39.2 Å². The molecule has 19 heavy (non-hydrogen) atoms. The Morgan fingerprint density at radius 1 is 0.947 bits per heavy atom. The van der Waals surface area contributed by atoms with E-state index in [1.807, 2.05) is 0 Å². The summed E-state index contributed by atoms with van der Waals surface area (Å²) in [4.78, 5) is 5.27. The first kappa shape index (κ1) is 13.8. The Bertz CT molecular complexity index is 409. The molecule has 3 aliphatic heterocycles. The third-order valence-electron chi connectivity index (χ3n) is 5.23. The molecule has 0 aromatic rings. The number of rotatable bonds is 1. The maximum atomic E-state index is 11.6. The third-order valence-corrected chi connectivity index (χ3v) is 6.94. The smallest absolute Gasteiger partial charge is 0.150 e. The molecule has 110 valence electrons. The van der Waals surface area contributed by atoms with E-state index in [-0.39, 0.29) is 0 Å². The van der Waals surface area contributed by atoms with Crippen molar-refractivity contribution in [1.29, 1.82) is 0 Å². The van der Waals surface area contributed by atoms with Gasteiger partial charge < -0.3 is 0 Å². The number of piperazine rings is 1. The molecular weight excluding hydrogens is 260 g/mol. The lowest BCUT2D eigenvalue weighted by Gasteiger charge is -2.50. The third kappa shape index (κ3) is 2.98. The van der Waals surface area contributed by atoms with Gasteiger partial charge in [0, 0.05) is 31.2 Å². The fraction of sp³-hybridized carbons (Fsp3) is 1.00. The van der Waals surface area contributed by atoms with E-state index in [9.17, 15) is 8.42 Å². The molecule has 0 saturated carbocycles. The lowest BCUT2D eigenvalue weighted by molar-refractivity contribution is -0.00987. The summed E-state index contributed by atoms with van der Waals surface area (Å²) < 4.78 is 23.1. The van der Waals surface area contributed by atoms with Crippen molar-refractivity contribution in [2.75, 3.05) is 31.1 Å². The molecule has 0 bridgehead atoms. The number of sulfone groups is 1. The van der Waals surface area contributed by atoms with Crippen LogP contribution in [0.5, 0.6) is 0 Å². The number of fused-ring (bicyclic) bond motifs is 1. The fourth-order valence-corrected chi connectivity index (χ4v) is 5.56. The standard InChI is InChI=1S/C14H26N2O2S/c1-12-10-15-7-3-2-4-14(15)11-16(12)13-5-8-19(17,18)9-6-13/h12-14H,2-11H2,1H3. The van der Waals surface area contributed by atoms with Gasteiger partial charge in [0.15, 0.2) is 0 Å². The molecule has 5 heteroatoms. The van der Waals surface area contributed by atoms with E-state index in [1.54, 1.807) is 0 Å². The summed E-state index contributed by atoms with van der Waals surface area (Å²) in [6.45, 7) is 5.91. The van der Waals surface area contributed by atoms with Crippen LogP contribution in [0.1, 0.15) is 39.0 Å². The predicted octanol–water partition coefficient (Wildman–Crippen LogP) is 1.12. The van der Waals surface area contributed by atoms with Gasteiger partial charge in [0.2, 0.25) is 0 Å². The summed E-state index contributed by atoms with van der Waals surface area (Å²) >= 11 is 0. The number of piperidine rings is 1. The van der Waals surface area contributed by atoms with Crippen LogP contribution in [0.4, 0.5) is 0 Å². The minimum Gasteiger partial charge on any atom is -0.298 e. The van der Waals surface area contributed by atoms with E-state index in [0.717, 1.165) is 25.4 Å². The molecule has 0 aromatic carbocycles. The van der Waals surface area contributed by atoms with Crippen molar-refractivity contribution in [1.82, 2.24) is 9.80 Å². The molecule has 0 aliphatic carbocycles. The van der Waals surface area contributed by atoms with Crippen LogP contribution >= 0.6 is 0 Å². The molecule has 0 amide bonds. The van der Waals surface area contributed by atoms with E-state index < -0.39 is 9.84 Å². The van der Waals surface area contributed by atoms with Crippen LogP contribution in [-0.2, 0) is 9.84 Å². The first-order chi connectivity index (χ1) is 9.05. The zero-order valence-corrected chi connectivity index (χ0v) is 12.7. The molecule has 4 nitrogen and oxygen atoms in total. The predicted molar refractivity (Wildman–Crippen MR) is 77.1 cm³/mol. The Labute approximate surface area is 117 Å². The minimum absolute atomic E-state index is 0.398. The first-order valence-corrected chi connectivity index (χ1v) is 9.57. The first-order valence-electron chi connectivity index (χ1n) is 7.75. The van der Waals surface area contributed by atoms with Gasteiger partial charge in [-0.3, -0.25) is 9.80 Å².